The number of benzene rings is 2. The van der Waals surface area contributed by atoms with Crippen molar-refractivity contribution in [2.75, 3.05) is 10.6 Å². The lowest BCUT2D eigenvalue weighted by Gasteiger charge is -2.34. The van der Waals surface area contributed by atoms with Gasteiger partial charge in [0.15, 0.2) is 6.04 Å². The second-order valence-corrected chi connectivity index (χ2v) is 7.51. The molecule has 0 radical (unpaired) electrons. The zero-order chi connectivity index (χ0) is 22.2. The molecule has 3 atom stereocenters. The van der Waals surface area contributed by atoms with Crippen LogP contribution in [0.2, 0.25) is 0 Å². The molecule has 1 amide bonds. The molecule has 0 bridgehead atoms. The Balaban J connectivity index is 1.67. The summed E-state index contributed by atoms with van der Waals surface area (Å²) >= 11 is 0. The van der Waals surface area contributed by atoms with Crippen LogP contribution in [-0.4, -0.2) is 27.0 Å². The van der Waals surface area contributed by atoms with E-state index in [1.165, 1.54) is 0 Å². The number of nitrogens with one attached hydrogen (secondary N) is 2. The van der Waals surface area contributed by atoms with Crippen molar-refractivity contribution in [2.45, 2.75) is 37.7 Å². The molecule has 1 aliphatic rings. The second-order valence-electron chi connectivity index (χ2n) is 7.51. The quantitative estimate of drug-likeness (QED) is 0.553. The van der Waals surface area contributed by atoms with E-state index in [4.69, 9.17) is 0 Å². The number of alkyl halides is 3. The highest BCUT2D eigenvalue weighted by Crippen LogP contribution is 2.44. The van der Waals surface area contributed by atoms with Crippen molar-refractivity contribution >= 4 is 17.4 Å². The number of aromatic nitrogens is 2. The van der Waals surface area contributed by atoms with Crippen LogP contribution in [0.1, 0.15) is 53.0 Å². The fourth-order valence-corrected chi connectivity index (χ4v) is 3.71. The maximum atomic E-state index is 13.8. The van der Waals surface area contributed by atoms with Crippen LogP contribution in [-0.2, 0) is 0 Å². The van der Waals surface area contributed by atoms with Crippen molar-refractivity contribution < 1.29 is 23.1 Å². The number of carbonyl (C=O) groups excluding carboxylic acids is 1. The molecule has 9 heteroatoms. The highest BCUT2D eigenvalue weighted by atomic mass is 19.4. The molecule has 6 nitrogen and oxygen atoms in total. The predicted octanol–water partition coefficient (Wildman–Crippen LogP) is 4.85. The minimum atomic E-state index is -4.52. The number of aliphatic hydroxyl groups is 1. The Labute approximate surface area is 176 Å². The molecule has 0 aliphatic carbocycles. The Kier molecular flexibility index (Phi) is 5.45. The third-order valence-corrected chi connectivity index (χ3v) is 5.31. The first kappa shape index (κ1) is 20.9. The van der Waals surface area contributed by atoms with Crippen LogP contribution in [0.3, 0.4) is 0 Å². The number of hydrogen-bond acceptors (Lipinski definition) is 4. The Hall–Kier alpha value is -3.33. The standard InChI is InChI=1S/C22H21F3N4O2/c1-13(30)15-8-5-9-16(10-15)27-21(31)17-12-26-29-19(22(23,24)25)11-18(28-20(17)29)14-6-3-2-4-7-14/h2-10,12-13,18-19,28,30H,11H2,1H3,(H,27,31). The largest absolute Gasteiger partial charge is 0.410 e. The number of halogens is 3. The maximum absolute atomic E-state index is 13.8. The van der Waals surface area contributed by atoms with Crippen LogP contribution >= 0.6 is 0 Å². The summed E-state index contributed by atoms with van der Waals surface area (Å²) in [6.45, 7) is 1.60. The molecule has 0 saturated carbocycles. The Bertz CT molecular complexity index is 1080. The SMILES string of the molecule is CC(O)c1cccc(NC(=O)c2cnn3c2NC(c2ccccc2)CC3C(F)(F)F)c1. The molecule has 162 valence electrons. The molecule has 3 N–H and O–H groups in total. The van der Waals surface area contributed by atoms with Gasteiger partial charge in [-0.3, -0.25) is 4.79 Å². The molecule has 3 aromatic rings. The summed E-state index contributed by atoms with van der Waals surface area (Å²) in [5.74, 6) is -0.572. The second kappa shape index (κ2) is 8.07. The zero-order valence-electron chi connectivity index (χ0n) is 16.6. The monoisotopic (exact) mass is 430 g/mol. The summed E-state index contributed by atoms with van der Waals surface area (Å²) in [5.41, 5.74) is 1.73. The smallest absolute Gasteiger partial charge is 0.389 e. The molecule has 1 aromatic heterocycles. The van der Waals surface area contributed by atoms with E-state index in [9.17, 15) is 23.1 Å². The average molecular weight is 430 g/mol. The molecule has 0 fully saturated rings. The first-order chi connectivity index (χ1) is 14.7. The molecular formula is C22H21F3N4O2. The van der Waals surface area contributed by atoms with E-state index in [1.807, 2.05) is 0 Å². The van der Waals surface area contributed by atoms with E-state index in [-0.39, 0.29) is 17.8 Å². The first-order valence-corrected chi connectivity index (χ1v) is 9.79. The molecule has 0 saturated heterocycles. The first-order valence-electron chi connectivity index (χ1n) is 9.79. The van der Waals surface area contributed by atoms with Gasteiger partial charge in [0.2, 0.25) is 0 Å². The highest BCUT2D eigenvalue weighted by molar-refractivity contribution is 6.07. The topological polar surface area (TPSA) is 79.2 Å². The number of hydrogen-bond donors (Lipinski definition) is 3. The number of nitrogens with zero attached hydrogens (tertiary/aromatic N) is 2. The number of amides is 1. The van der Waals surface area contributed by atoms with Gasteiger partial charge < -0.3 is 15.7 Å². The summed E-state index contributed by atoms with van der Waals surface area (Å²) in [6.07, 6.45) is -4.33. The van der Waals surface area contributed by atoms with Gasteiger partial charge in [0.05, 0.1) is 18.3 Å². The van der Waals surface area contributed by atoms with Gasteiger partial charge in [0.25, 0.3) is 5.91 Å². The van der Waals surface area contributed by atoms with Crippen molar-refractivity contribution in [1.29, 1.82) is 0 Å². The fourth-order valence-electron chi connectivity index (χ4n) is 3.71. The van der Waals surface area contributed by atoms with Crippen LogP contribution in [0.4, 0.5) is 24.7 Å². The molecular weight excluding hydrogens is 409 g/mol. The van der Waals surface area contributed by atoms with Gasteiger partial charge in [-0.05, 0) is 30.2 Å². The molecule has 3 unspecified atom stereocenters. The van der Waals surface area contributed by atoms with Crippen molar-refractivity contribution in [3.63, 3.8) is 0 Å². The van der Waals surface area contributed by atoms with Crippen LogP contribution < -0.4 is 10.6 Å². The Morgan fingerprint density at radius 2 is 1.97 bits per heavy atom. The minimum absolute atomic E-state index is 0.0114. The van der Waals surface area contributed by atoms with E-state index < -0.39 is 30.3 Å². The van der Waals surface area contributed by atoms with Crippen molar-refractivity contribution in [1.82, 2.24) is 9.78 Å². The van der Waals surface area contributed by atoms with Crippen molar-refractivity contribution in [3.8, 4) is 0 Å². The fraction of sp³-hybridized carbons (Fsp3) is 0.273. The van der Waals surface area contributed by atoms with Gasteiger partial charge in [0.1, 0.15) is 11.4 Å². The lowest BCUT2D eigenvalue weighted by atomic mass is 9.96. The number of aliphatic hydroxyl groups excluding tert-OH is 1. The molecule has 2 aromatic carbocycles. The van der Waals surface area contributed by atoms with Gasteiger partial charge in [-0.1, -0.05) is 42.5 Å². The van der Waals surface area contributed by atoms with Gasteiger partial charge in [-0.2, -0.15) is 18.3 Å². The van der Waals surface area contributed by atoms with E-state index in [0.29, 0.717) is 16.8 Å². The highest BCUT2D eigenvalue weighted by Gasteiger charge is 2.47. The normalized spacial score (nSPS) is 19.3. The summed E-state index contributed by atoms with van der Waals surface area (Å²) in [5, 5.41) is 19.3. The van der Waals surface area contributed by atoms with E-state index >= 15 is 0 Å². The molecule has 31 heavy (non-hydrogen) atoms. The Morgan fingerprint density at radius 1 is 1.23 bits per heavy atom. The zero-order valence-corrected chi connectivity index (χ0v) is 16.6. The van der Waals surface area contributed by atoms with Crippen molar-refractivity contribution in [2.24, 2.45) is 0 Å². The van der Waals surface area contributed by atoms with E-state index in [0.717, 1.165) is 10.9 Å². The van der Waals surface area contributed by atoms with Crippen LogP contribution in [0.15, 0.2) is 60.8 Å². The summed E-state index contributed by atoms with van der Waals surface area (Å²) in [7, 11) is 0. The number of rotatable bonds is 4. The van der Waals surface area contributed by atoms with Crippen LogP contribution in [0.5, 0.6) is 0 Å². The number of anilines is 2. The summed E-state index contributed by atoms with van der Waals surface area (Å²) in [6, 6.07) is 13.0. The molecule has 0 spiro atoms. The Morgan fingerprint density at radius 3 is 2.65 bits per heavy atom. The third-order valence-electron chi connectivity index (χ3n) is 5.31. The summed E-state index contributed by atoms with van der Waals surface area (Å²) < 4.78 is 42.2. The average Bonchev–Trinajstić information content (AvgIpc) is 3.17. The third kappa shape index (κ3) is 4.27. The van der Waals surface area contributed by atoms with Crippen molar-refractivity contribution in [3.05, 3.63) is 77.5 Å². The molecule has 2 heterocycles. The lowest BCUT2D eigenvalue weighted by Crippen LogP contribution is -2.36. The van der Waals surface area contributed by atoms with Crippen LogP contribution in [0.25, 0.3) is 0 Å². The lowest BCUT2D eigenvalue weighted by molar-refractivity contribution is -0.173. The van der Waals surface area contributed by atoms with Gasteiger partial charge in [-0.25, -0.2) is 4.68 Å². The number of carbonyl (C=O) groups is 1. The summed E-state index contributed by atoms with van der Waals surface area (Å²) in [4.78, 5) is 12.9. The number of fused-ring (bicyclic) bond motifs is 1. The van der Waals surface area contributed by atoms with E-state index in [1.54, 1.807) is 61.5 Å². The van der Waals surface area contributed by atoms with Gasteiger partial charge in [0, 0.05) is 12.1 Å². The van der Waals surface area contributed by atoms with Gasteiger partial charge >= 0.3 is 6.18 Å². The predicted molar refractivity (Wildman–Crippen MR) is 110 cm³/mol. The minimum Gasteiger partial charge on any atom is -0.389 e. The molecule has 1 aliphatic heterocycles. The van der Waals surface area contributed by atoms with Crippen LogP contribution in [0, 0.1) is 0 Å². The molecule has 4 rings (SSSR count). The van der Waals surface area contributed by atoms with E-state index in [2.05, 4.69) is 15.7 Å². The maximum Gasteiger partial charge on any atom is 0.410 e. The van der Waals surface area contributed by atoms with Gasteiger partial charge in [-0.15, -0.1) is 0 Å².